The molecule has 1 rings (SSSR count). The third-order valence-corrected chi connectivity index (χ3v) is 1.79. The number of aromatic nitrogens is 1. The van der Waals surface area contributed by atoms with Crippen LogP contribution in [0.2, 0.25) is 0 Å². The highest BCUT2D eigenvalue weighted by molar-refractivity contribution is 5.67. The molecule has 0 spiro atoms. The molecule has 0 radical (unpaired) electrons. The summed E-state index contributed by atoms with van der Waals surface area (Å²) in [5.74, 6) is -0.823. The van der Waals surface area contributed by atoms with Crippen molar-refractivity contribution in [2.45, 2.75) is 19.8 Å². The Morgan fingerprint density at radius 3 is 2.92 bits per heavy atom. The van der Waals surface area contributed by atoms with Gasteiger partial charge in [-0.05, 0) is 12.0 Å². The van der Waals surface area contributed by atoms with Crippen LogP contribution in [0.4, 0.5) is 0 Å². The lowest BCUT2D eigenvalue weighted by atomic mass is 10.1. The number of aryl methyl sites for hydroxylation is 2. The smallest absolute Gasteiger partial charge is 0.303 e. The number of hydrogen-bond donors (Lipinski definition) is 1. The summed E-state index contributed by atoms with van der Waals surface area (Å²) in [5.41, 5.74) is 1.47. The summed E-state index contributed by atoms with van der Waals surface area (Å²) in [4.78, 5) is 10.3. The predicted molar refractivity (Wildman–Crippen MR) is 46.1 cm³/mol. The number of hydrogen-bond acceptors (Lipinski definition) is 2. The number of pyridine rings is 1. The summed E-state index contributed by atoms with van der Waals surface area (Å²) in [5, 5.41) is 19.3. The first-order valence-electron chi connectivity index (χ1n) is 4.00. The third-order valence-electron chi connectivity index (χ3n) is 1.79. The lowest BCUT2D eigenvalue weighted by Crippen LogP contribution is -2.29. The molecule has 0 saturated heterocycles. The maximum atomic E-state index is 10.9. The van der Waals surface area contributed by atoms with Gasteiger partial charge in [0.2, 0.25) is 0 Å². The fourth-order valence-electron chi connectivity index (χ4n) is 1.07. The first-order chi connectivity index (χ1) is 6.09. The zero-order chi connectivity index (χ0) is 9.84. The molecule has 0 fully saturated rings. The Bertz CT molecular complexity index is 323. The first-order valence-corrected chi connectivity index (χ1v) is 4.00. The van der Waals surface area contributed by atoms with Crippen molar-refractivity contribution >= 4 is 5.97 Å². The molecule has 4 nitrogen and oxygen atoms in total. The molecule has 1 heterocycles. The number of aliphatic carboxylic acids is 1. The van der Waals surface area contributed by atoms with Gasteiger partial charge in [-0.15, -0.1) is 0 Å². The van der Waals surface area contributed by atoms with Gasteiger partial charge in [-0.1, -0.05) is 0 Å². The van der Waals surface area contributed by atoms with Crippen LogP contribution in [0.25, 0.3) is 0 Å². The van der Waals surface area contributed by atoms with Gasteiger partial charge in [0, 0.05) is 25.5 Å². The van der Waals surface area contributed by atoms with Crippen molar-refractivity contribution in [3.05, 3.63) is 34.8 Å². The Hall–Kier alpha value is -1.58. The lowest BCUT2D eigenvalue weighted by Gasteiger charge is -2.02. The van der Waals surface area contributed by atoms with Crippen LogP contribution >= 0.6 is 0 Å². The fourth-order valence-corrected chi connectivity index (χ4v) is 1.07. The molecular weight excluding hydrogens is 170 g/mol. The van der Waals surface area contributed by atoms with Crippen LogP contribution in [0.5, 0.6) is 0 Å². The van der Waals surface area contributed by atoms with E-state index in [1.54, 1.807) is 19.1 Å². The van der Waals surface area contributed by atoms with Crippen LogP contribution in [-0.4, -0.2) is 11.1 Å². The average Bonchev–Trinajstić information content (AvgIpc) is 2.07. The van der Waals surface area contributed by atoms with E-state index in [9.17, 15) is 10.0 Å². The Morgan fingerprint density at radius 2 is 2.38 bits per heavy atom. The second kappa shape index (κ2) is 3.89. The molecule has 0 saturated carbocycles. The molecule has 0 aliphatic carbocycles. The molecule has 70 valence electrons. The fraction of sp³-hybridized carbons (Fsp3) is 0.333. The van der Waals surface area contributed by atoms with E-state index < -0.39 is 5.97 Å². The second-order valence-corrected chi connectivity index (χ2v) is 2.90. The van der Waals surface area contributed by atoms with Crippen molar-refractivity contribution in [3.63, 3.8) is 0 Å². The third kappa shape index (κ3) is 2.74. The van der Waals surface area contributed by atoms with E-state index in [0.29, 0.717) is 12.1 Å². The van der Waals surface area contributed by atoms with E-state index in [1.165, 1.54) is 6.20 Å². The minimum atomic E-state index is -0.823. The Labute approximate surface area is 76.0 Å². The molecule has 0 aromatic carbocycles. The van der Waals surface area contributed by atoms with Gasteiger partial charge in [0.15, 0.2) is 11.9 Å². The van der Waals surface area contributed by atoms with Crippen molar-refractivity contribution < 1.29 is 14.6 Å². The van der Waals surface area contributed by atoms with Crippen LogP contribution < -0.4 is 4.73 Å². The Balaban J connectivity index is 2.68. The van der Waals surface area contributed by atoms with Crippen LogP contribution in [0.15, 0.2) is 18.3 Å². The molecule has 0 atom stereocenters. The monoisotopic (exact) mass is 181 g/mol. The maximum absolute atomic E-state index is 10.9. The van der Waals surface area contributed by atoms with Gasteiger partial charge < -0.3 is 10.3 Å². The highest BCUT2D eigenvalue weighted by atomic mass is 16.5. The van der Waals surface area contributed by atoms with Gasteiger partial charge in [-0.25, -0.2) is 0 Å². The van der Waals surface area contributed by atoms with Gasteiger partial charge in [0.05, 0.1) is 0 Å². The predicted octanol–water partition coefficient (Wildman–Crippen LogP) is 0.646. The van der Waals surface area contributed by atoms with Gasteiger partial charge in [0.1, 0.15) is 0 Å². The van der Waals surface area contributed by atoms with Crippen LogP contribution in [0.3, 0.4) is 0 Å². The zero-order valence-electron chi connectivity index (χ0n) is 7.36. The molecule has 1 aromatic heterocycles. The van der Waals surface area contributed by atoms with Gasteiger partial charge in [0.25, 0.3) is 0 Å². The molecule has 0 amide bonds. The quantitative estimate of drug-likeness (QED) is 0.550. The largest absolute Gasteiger partial charge is 0.619 e. The topological polar surface area (TPSA) is 64.2 Å². The highest BCUT2D eigenvalue weighted by Crippen LogP contribution is 2.02. The van der Waals surface area contributed by atoms with Crippen LogP contribution in [0.1, 0.15) is 17.7 Å². The zero-order valence-corrected chi connectivity index (χ0v) is 7.36. The van der Waals surface area contributed by atoms with Gasteiger partial charge >= 0.3 is 5.97 Å². The summed E-state index contributed by atoms with van der Waals surface area (Å²) in [6.07, 6.45) is 1.96. The lowest BCUT2D eigenvalue weighted by molar-refractivity contribution is -0.612. The summed E-state index contributed by atoms with van der Waals surface area (Å²) in [6, 6.07) is 3.35. The van der Waals surface area contributed by atoms with Crippen molar-refractivity contribution in [3.8, 4) is 0 Å². The van der Waals surface area contributed by atoms with Crippen molar-refractivity contribution in [2.24, 2.45) is 0 Å². The molecule has 1 aromatic rings. The number of carboxylic acids is 1. The Morgan fingerprint density at radius 1 is 1.69 bits per heavy atom. The van der Waals surface area contributed by atoms with E-state index in [0.717, 1.165) is 10.3 Å². The molecular formula is C9H11NO3. The van der Waals surface area contributed by atoms with Crippen molar-refractivity contribution in [1.29, 1.82) is 0 Å². The molecule has 0 aliphatic rings. The van der Waals surface area contributed by atoms with Crippen LogP contribution in [0, 0.1) is 12.1 Å². The van der Waals surface area contributed by atoms with Crippen molar-refractivity contribution in [2.75, 3.05) is 0 Å². The maximum Gasteiger partial charge on any atom is 0.303 e. The Kier molecular flexibility index (Phi) is 2.84. The summed E-state index contributed by atoms with van der Waals surface area (Å²) < 4.78 is 0.754. The standard InChI is InChI=1S/C9H11NO3/c1-7-6-8(2-3-9(11)12)4-5-10(7)13/h4-6H,2-3H2,1H3,(H,11,12). The minimum absolute atomic E-state index is 0.0995. The minimum Gasteiger partial charge on any atom is -0.619 e. The molecule has 0 unspecified atom stereocenters. The number of carboxylic acid groups (broad SMARTS) is 1. The summed E-state index contributed by atoms with van der Waals surface area (Å²) in [7, 11) is 0. The number of carbonyl (C=O) groups is 1. The van der Waals surface area contributed by atoms with E-state index in [2.05, 4.69) is 0 Å². The summed E-state index contributed by atoms with van der Waals surface area (Å²) in [6.45, 7) is 1.69. The van der Waals surface area contributed by atoms with Gasteiger partial charge in [-0.3, -0.25) is 4.79 Å². The number of rotatable bonds is 3. The summed E-state index contributed by atoms with van der Waals surface area (Å²) >= 11 is 0. The first kappa shape index (κ1) is 9.51. The second-order valence-electron chi connectivity index (χ2n) is 2.90. The molecule has 1 N–H and O–H groups in total. The molecule has 0 bridgehead atoms. The molecule has 13 heavy (non-hydrogen) atoms. The van der Waals surface area contributed by atoms with Crippen LogP contribution in [-0.2, 0) is 11.2 Å². The molecule has 4 heteroatoms. The average molecular weight is 181 g/mol. The number of nitrogens with zero attached hydrogens (tertiary/aromatic N) is 1. The molecule has 0 aliphatic heterocycles. The van der Waals surface area contributed by atoms with Crippen molar-refractivity contribution in [1.82, 2.24) is 0 Å². The van der Waals surface area contributed by atoms with E-state index in [-0.39, 0.29) is 6.42 Å². The normalized spacial score (nSPS) is 9.92. The van der Waals surface area contributed by atoms with E-state index in [4.69, 9.17) is 5.11 Å². The van der Waals surface area contributed by atoms with Gasteiger partial charge in [-0.2, -0.15) is 4.73 Å². The van der Waals surface area contributed by atoms with E-state index in [1.807, 2.05) is 0 Å². The van der Waals surface area contributed by atoms with E-state index >= 15 is 0 Å². The highest BCUT2D eigenvalue weighted by Gasteiger charge is 2.03. The SMILES string of the molecule is Cc1cc(CCC(=O)O)cc[n+]1[O-].